The van der Waals surface area contributed by atoms with Gasteiger partial charge in [0, 0.05) is 4.47 Å². The van der Waals surface area contributed by atoms with Crippen molar-refractivity contribution >= 4 is 21.8 Å². The Morgan fingerprint density at radius 2 is 2.00 bits per heavy atom. The van der Waals surface area contributed by atoms with Crippen molar-refractivity contribution in [3.63, 3.8) is 0 Å². The van der Waals surface area contributed by atoms with Crippen molar-refractivity contribution in [1.82, 2.24) is 0 Å². The Labute approximate surface area is 105 Å². The fraction of sp³-hybridized carbons (Fsp3) is 0.417. The van der Waals surface area contributed by atoms with E-state index in [0.717, 1.165) is 4.47 Å². The fourth-order valence-electron chi connectivity index (χ4n) is 1.15. The molecule has 0 radical (unpaired) electrons. The number of nitrogens with one attached hydrogen (secondary N) is 1. The molecule has 0 spiro atoms. The summed E-state index contributed by atoms with van der Waals surface area (Å²) in [5, 5.41) is 7.48. The van der Waals surface area contributed by atoms with Gasteiger partial charge in [-0.3, -0.25) is 5.41 Å². The third kappa shape index (κ3) is 3.23. The number of hydrogen-bond acceptors (Lipinski definition) is 2. The monoisotopic (exact) mass is 284 g/mol. The average Bonchev–Trinajstić information content (AvgIpc) is 2.16. The minimum absolute atomic E-state index is 0.0263. The Balaban J connectivity index is 3.01. The molecule has 1 unspecified atom stereocenters. The lowest BCUT2D eigenvalue weighted by Gasteiger charge is -2.20. The first-order chi connectivity index (χ1) is 7.41. The van der Waals surface area contributed by atoms with Crippen molar-refractivity contribution in [1.29, 1.82) is 5.41 Å². The maximum Gasteiger partial charge on any atom is 0.131 e. The summed E-state index contributed by atoms with van der Waals surface area (Å²) in [5.74, 6) is 1.10. The van der Waals surface area contributed by atoms with Crippen LogP contribution in [-0.4, -0.2) is 11.9 Å². The van der Waals surface area contributed by atoms with Crippen LogP contribution in [0.15, 0.2) is 22.7 Å². The van der Waals surface area contributed by atoms with Gasteiger partial charge in [-0.2, -0.15) is 0 Å². The van der Waals surface area contributed by atoms with E-state index in [9.17, 15) is 0 Å². The minimum Gasteiger partial charge on any atom is -0.490 e. The Morgan fingerprint density at radius 3 is 2.50 bits per heavy atom. The number of nitrogen functional groups attached to an aromatic ring is 1. The van der Waals surface area contributed by atoms with E-state index < -0.39 is 0 Å². The Morgan fingerprint density at radius 1 is 1.38 bits per heavy atom. The topological polar surface area (TPSA) is 59.1 Å². The molecule has 0 aromatic heterocycles. The third-order valence-electron chi connectivity index (χ3n) is 2.49. The maximum absolute atomic E-state index is 7.48. The molecule has 0 heterocycles. The second-order valence-electron chi connectivity index (χ2n) is 4.12. The molecule has 0 aliphatic carbocycles. The van der Waals surface area contributed by atoms with Gasteiger partial charge in [0.25, 0.3) is 0 Å². The van der Waals surface area contributed by atoms with Crippen LogP contribution in [0.1, 0.15) is 26.3 Å². The van der Waals surface area contributed by atoms with Crippen molar-refractivity contribution in [2.24, 2.45) is 11.7 Å². The third-order valence-corrected chi connectivity index (χ3v) is 2.98. The number of nitrogens with two attached hydrogens (primary N) is 1. The van der Waals surface area contributed by atoms with E-state index in [1.54, 1.807) is 6.07 Å². The van der Waals surface area contributed by atoms with E-state index in [1.807, 2.05) is 19.1 Å². The van der Waals surface area contributed by atoms with Crippen molar-refractivity contribution < 1.29 is 4.74 Å². The van der Waals surface area contributed by atoms with Crippen LogP contribution in [-0.2, 0) is 0 Å². The summed E-state index contributed by atoms with van der Waals surface area (Å²) in [6.07, 6.45) is 0.0902. The van der Waals surface area contributed by atoms with Crippen molar-refractivity contribution in [3.05, 3.63) is 28.2 Å². The summed E-state index contributed by atoms with van der Waals surface area (Å²) in [7, 11) is 0. The van der Waals surface area contributed by atoms with Crippen molar-refractivity contribution in [2.45, 2.75) is 26.9 Å². The molecule has 88 valence electrons. The number of hydrogen-bond donors (Lipinski definition) is 2. The molecule has 0 fully saturated rings. The first-order valence-electron chi connectivity index (χ1n) is 5.22. The number of amidine groups is 1. The summed E-state index contributed by atoms with van der Waals surface area (Å²) in [4.78, 5) is 0. The fourth-order valence-corrected chi connectivity index (χ4v) is 1.49. The van der Waals surface area contributed by atoms with Gasteiger partial charge in [0.2, 0.25) is 0 Å². The van der Waals surface area contributed by atoms with Crippen LogP contribution in [0.2, 0.25) is 0 Å². The summed E-state index contributed by atoms with van der Waals surface area (Å²) in [6, 6.07) is 5.48. The molecule has 0 amide bonds. The van der Waals surface area contributed by atoms with Crippen LogP contribution in [0.3, 0.4) is 0 Å². The first kappa shape index (κ1) is 13.0. The van der Waals surface area contributed by atoms with Gasteiger partial charge in [0.1, 0.15) is 11.6 Å². The molecule has 1 atom stereocenters. The zero-order valence-corrected chi connectivity index (χ0v) is 11.3. The molecule has 0 aliphatic rings. The number of benzene rings is 1. The van der Waals surface area contributed by atoms with Gasteiger partial charge in [-0.1, -0.05) is 29.8 Å². The van der Waals surface area contributed by atoms with Crippen LogP contribution in [0.25, 0.3) is 0 Å². The number of ether oxygens (including phenoxy) is 1. The van der Waals surface area contributed by atoms with E-state index in [1.165, 1.54) is 0 Å². The van der Waals surface area contributed by atoms with E-state index in [2.05, 4.69) is 29.8 Å². The quantitative estimate of drug-likeness (QED) is 0.659. The molecule has 1 aromatic rings. The molecule has 3 nitrogen and oxygen atoms in total. The highest BCUT2D eigenvalue weighted by Gasteiger charge is 2.13. The van der Waals surface area contributed by atoms with Crippen LogP contribution in [0.4, 0.5) is 0 Å². The first-order valence-corrected chi connectivity index (χ1v) is 6.01. The minimum atomic E-state index is 0.0263. The highest BCUT2D eigenvalue weighted by Crippen LogP contribution is 2.25. The summed E-state index contributed by atoms with van der Waals surface area (Å²) >= 11 is 3.38. The molecular weight excluding hydrogens is 268 g/mol. The van der Waals surface area contributed by atoms with E-state index in [-0.39, 0.29) is 11.9 Å². The van der Waals surface area contributed by atoms with Crippen molar-refractivity contribution in [3.8, 4) is 5.75 Å². The van der Waals surface area contributed by atoms with E-state index in [4.69, 9.17) is 15.9 Å². The van der Waals surface area contributed by atoms with Crippen LogP contribution in [0.5, 0.6) is 5.75 Å². The van der Waals surface area contributed by atoms with Crippen molar-refractivity contribution in [2.75, 3.05) is 0 Å². The van der Waals surface area contributed by atoms with Gasteiger partial charge in [-0.05, 0) is 31.0 Å². The Bertz CT molecular complexity index is 391. The number of halogens is 1. The molecule has 4 heteroatoms. The molecule has 0 aliphatic heterocycles. The van der Waals surface area contributed by atoms with Gasteiger partial charge >= 0.3 is 0 Å². The molecule has 1 rings (SSSR count). The molecule has 0 saturated heterocycles. The number of rotatable bonds is 4. The van der Waals surface area contributed by atoms with Gasteiger partial charge in [-0.25, -0.2) is 0 Å². The largest absolute Gasteiger partial charge is 0.490 e. The lowest BCUT2D eigenvalue weighted by atomic mass is 10.1. The van der Waals surface area contributed by atoms with Gasteiger partial charge in [-0.15, -0.1) is 0 Å². The predicted octanol–water partition coefficient (Wildman–Crippen LogP) is 3.16. The summed E-state index contributed by atoms with van der Waals surface area (Å²) < 4.78 is 6.72. The zero-order chi connectivity index (χ0) is 12.3. The van der Waals surface area contributed by atoms with Gasteiger partial charge < -0.3 is 10.5 Å². The zero-order valence-electron chi connectivity index (χ0n) is 9.75. The molecule has 0 bridgehead atoms. The molecule has 16 heavy (non-hydrogen) atoms. The molecule has 0 saturated carbocycles. The smallest absolute Gasteiger partial charge is 0.131 e. The Kier molecular flexibility index (Phi) is 4.35. The Hall–Kier alpha value is -1.03. The molecule has 3 N–H and O–H groups in total. The standard InChI is InChI=1S/C12H17BrN2O/c1-7(2)8(3)16-11-6-9(13)4-5-10(11)12(14)15/h4-8H,1-3H3,(H3,14,15). The van der Waals surface area contributed by atoms with Crippen LogP contribution >= 0.6 is 15.9 Å². The molecule has 1 aromatic carbocycles. The normalized spacial score (nSPS) is 12.6. The summed E-state index contributed by atoms with van der Waals surface area (Å²) in [5.41, 5.74) is 6.14. The highest BCUT2D eigenvalue weighted by atomic mass is 79.9. The van der Waals surface area contributed by atoms with Gasteiger partial charge in [0.05, 0.1) is 11.7 Å². The second kappa shape index (κ2) is 5.34. The predicted molar refractivity (Wildman–Crippen MR) is 70.1 cm³/mol. The lowest BCUT2D eigenvalue weighted by molar-refractivity contribution is 0.170. The SMILES string of the molecule is CC(C)C(C)Oc1cc(Br)ccc1C(=N)N. The summed E-state index contributed by atoms with van der Waals surface area (Å²) in [6.45, 7) is 6.20. The lowest BCUT2D eigenvalue weighted by Crippen LogP contribution is -2.21. The van der Waals surface area contributed by atoms with E-state index >= 15 is 0 Å². The van der Waals surface area contributed by atoms with Crippen LogP contribution < -0.4 is 10.5 Å². The van der Waals surface area contributed by atoms with Crippen LogP contribution in [0, 0.1) is 11.3 Å². The highest BCUT2D eigenvalue weighted by molar-refractivity contribution is 9.10. The second-order valence-corrected chi connectivity index (χ2v) is 5.04. The maximum atomic E-state index is 7.48. The van der Waals surface area contributed by atoms with Gasteiger partial charge in [0.15, 0.2) is 0 Å². The van der Waals surface area contributed by atoms with E-state index in [0.29, 0.717) is 17.2 Å². The average molecular weight is 285 g/mol. The molecular formula is C12H17BrN2O.